The molecule has 2 fully saturated rings. The Labute approximate surface area is 139 Å². The lowest BCUT2D eigenvalue weighted by Gasteiger charge is -2.38. The van der Waals surface area contributed by atoms with Gasteiger partial charge in [-0.1, -0.05) is 30.3 Å². The van der Waals surface area contributed by atoms with Gasteiger partial charge in [0.2, 0.25) is 5.91 Å². The van der Waals surface area contributed by atoms with E-state index in [-0.39, 0.29) is 11.3 Å². The molecule has 0 spiro atoms. The van der Waals surface area contributed by atoms with Gasteiger partial charge in [0.05, 0.1) is 0 Å². The number of ether oxygens (including phenoxy) is 1. The van der Waals surface area contributed by atoms with Crippen molar-refractivity contribution in [2.75, 3.05) is 32.8 Å². The maximum atomic E-state index is 12.3. The van der Waals surface area contributed by atoms with Crippen molar-refractivity contribution in [3.8, 4) is 0 Å². The number of nitrogens with one attached hydrogen (secondary N) is 2. The van der Waals surface area contributed by atoms with Gasteiger partial charge < -0.3 is 15.4 Å². The van der Waals surface area contributed by atoms with Crippen LogP contribution in [0.4, 0.5) is 0 Å². The zero-order valence-electron chi connectivity index (χ0n) is 13.9. The molecule has 4 nitrogen and oxygen atoms in total. The van der Waals surface area contributed by atoms with Crippen LogP contribution in [-0.4, -0.2) is 38.8 Å². The van der Waals surface area contributed by atoms with Gasteiger partial charge in [-0.3, -0.25) is 4.79 Å². The summed E-state index contributed by atoms with van der Waals surface area (Å²) >= 11 is 0. The van der Waals surface area contributed by atoms with Crippen LogP contribution >= 0.6 is 0 Å². The predicted molar refractivity (Wildman–Crippen MR) is 91.4 cm³/mol. The van der Waals surface area contributed by atoms with Gasteiger partial charge in [0.15, 0.2) is 0 Å². The topological polar surface area (TPSA) is 50.4 Å². The molecule has 1 amide bonds. The first kappa shape index (κ1) is 16.5. The Morgan fingerprint density at radius 2 is 2.04 bits per heavy atom. The van der Waals surface area contributed by atoms with Crippen molar-refractivity contribution in [2.45, 2.75) is 37.5 Å². The van der Waals surface area contributed by atoms with Gasteiger partial charge >= 0.3 is 0 Å². The van der Waals surface area contributed by atoms with Crippen LogP contribution in [0.3, 0.4) is 0 Å². The minimum atomic E-state index is 0.0318. The molecule has 0 aromatic heterocycles. The van der Waals surface area contributed by atoms with Gasteiger partial charge in [-0.25, -0.2) is 0 Å². The molecule has 0 bridgehead atoms. The van der Waals surface area contributed by atoms with E-state index in [1.807, 2.05) is 6.07 Å². The van der Waals surface area contributed by atoms with Crippen LogP contribution in [-0.2, 0) is 14.9 Å². The average molecular weight is 316 g/mol. The third-order valence-corrected chi connectivity index (χ3v) is 5.40. The van der Waals surface area contributed by atoms with Crippen LogP contribution in [0.1, 0.15) is 37.7 Å². The minimum absolute atomic E-state index is 0.0318. The van der Waals surface area contributed by atoms with Crippen molar-refractivity contribution in [1.82, 2.24) is 10.6 Å². The first-order valence-electron chi connectivity index (χ1n) is 8.89. The summed E-state index contributed by atoms with van der Waals surface area (Å²) in [6.45, 7) is 4.45. The SMILES string of the molecule is O=C(CCC1CCNC1)NCC1(c2ccccc2)CCOCC1. The Kier molecular flexibility index (Phi) is 5.68. The average Bonchev–Trinajstić information content (AvgIpc) is 3.13. The highest BCUT2D eigenvalue weighted by Crippen LogP contribution is 2.34. The normalized spacial score (nSPS) is 23.6. The van der Waals surface area contributed by atoms with E-state index in [2.05, 4.69) is 34.9 Å². The van der Waals surface area contributed by atoms with Gasteiger partial charge in [0.25, 0.3) is 0 Å². The van der Waals surface area contributed by atoms with E-state index in [9.17, 15) is 4.79 Å². The van der Waals surface area contributed by atoms with E-state index in [1.165, 1.54) is 12.0 Å². The standard InChI is InChI=1S/C19H28N2O2/c22-18(7-6-16-8-11-20-14-16)21-15-19(9-12-23-13-10-19)17-4-2-1-3-5-17/h1-5,16,20H,6-15H2,(H,21,22). The molecule has 1 aromatic carbocycles. The van der Waals surface area contributed by atoms with Crippen LogP contribution in [0.15, 0.2) is 30.3 Å². The molecule has 1 aromatic rings. The molecular formula is C19H28N2O2. The Bertz CT molecular complexity index is 491. The molecule has 0 radical (unpaired) electrons. The van der Waals surface area contributed by atoms with E-state index < -0.39 is 0 Å². The molecule has 1 atom stereocenters. The minimum Gasteiger partial charge on any atom is -0.381 e. The molecule has 126 valence electrons. The second kappa shape index (κ2) is 7.93. The molecule has 23 heavy (non-hydrogen) atoms. The zero-order chi connectivity index (χ0) is 16.0. The van der Waals surface area contributed by atoms with Gasteiger partial charge in [-0.2, -0.15) is 0 Å². The molecule has 4 heteroatoms. The molecule has 0 saturated carbocycles. The second-order valence-corrected chi connectivity index (χ2v) is 6.93. The smallest absolute Gasteiger partial charge is 0.220 e. The first-order valence-corrected chi connectivity index (χ1v) is 8.89. The summed E-state index contributed by atoms with van der Waals surface area (Å²) in [5.74, 6) is 0.866. The monoisotopic (exact) mass is 316 g/mol. The molecule has 1 unspecified atom stereocenters. The number of carbonyl (C=O) groups is 1. The van der Waals surface area contributed by atoms with Crippen molar-refractivity contribution in [1.29, 1.82) is 0 Å². The molecule has 2 aliphatic heterocycles. The summed E-state index contributed by atoms with van der Waals surface area (Å²) < 4.78 is 5.55. The van der Waals surface area contributed by atoms with E-state index in [0.29, 0.717) is 12.3 Å². The molecule has 0 aliphatic carbocycles. The lowest BCUT2D eigenvalue weighted by atomic mass is 9.74. The van der Waals surface area contributed by atoms with E-state index in [4.69, 9.17) is 4.74 Å². The molecule has 2 aliphatic rings. The highest BCUT2D eigenvalue weighted by Gasteiger charge is 2.34. The summed E-state index contributed by atoms with van der Waals surface area (Å²) in [6, 6.07) is 10.6. The van der Waals surface area contributed by atoms with Crippen LogP contribution in [0, 0.1) is 5.92 Å². The number of rotatable bonds is 6. The van der Waals surface area contributed by atoms with Gasteiger partial charge in [0, 0.05) is 31.6 Å². The number of hydrogen-bond donors (Lipinski definition) is 2. The van der Waals surface area contributed by atoms with E-state index in [1.54, 1.807) is 0 Å². The number of carbonyl (C=O) groups excluding carboxylic acids is 1. The van der Waals surface area contributed by atoms with Gasteiger partial charge in [-0.05, 0) is 50.3 Å². The van der Waals surface area contributed by atoms with Crippen molar-refractivity contribution in [2.24, 2.45) is 5.92 Å². The van der Waals surface area contributed by atoms with Crippen molar-refractivity contribution >= 4 is 5.91 Å². The maximum absolute atomic E-state index is 12.3. The summed E-state index contributed by atoms with van der Waals surface area (Å²) in [6.07, 6.45) is 4.81. The molecule has 2 N–H and O–H groups in total. The van der Waals surface area contributed by atoms with Gasteiger partial charge in [0.1, 0.15) is 0 Å². The molecule has 2 saturated heterocycles. The molecular weight excluding hydrogens is 288 g/mol. The number of hydrogen-bond acceptors (Lipinski definition) is 3. The lowest BCUT2D eigenvalue weighted by Crippen LogP contribution is -2.44. The highest BCUT2D eigenvalue weighted by atomic mass is 16.5. The largest absolute Gasteiger partial charge is 0.381 e. The van der Waals surface area contributed by atoms with E-state index in [0.717, 1.165) is 52.1 Å². The third-order valence-electron chi connectivity index (χ3n) is 5.40. The fraction of sp³-hybridized carbons (Fsp3) is 0.632. The van der Waals surface area contributed by atoms with Crippen molar-refractivity contribution in [3.05, 3.63) is 35.9 Å². The van der Waals surface area contributed by atoms with Crippen molar-refractivity contribution < 1.29 is 9.53 Å². The third kappa shape index (κ3) is 4.33. The highest BCUT2D eigenvalue weighted by molar-refractivity contribution is 5.76. The van der Waals surface area contributed by atoms with Crippen LogP contribution in [0.25, 0.3) is 0 Å². The number of amides is 1. The second-order valence-electron chi connectivity index (χ2n) is 6.93. The summed E-state index contributed by atoms with van der Waals surface area (Å²) in [5, 5.41) is 6.56. The number of benzene rings is 1. The van der Waals surface area contributed by atoms with Crippen LogP contribution in [0.2, 0.25) is 0 Å². The first-order chi connectivity index (χ1) is 11.3. The molecule has 3 rings (SSSR count). The van der Waals surface area contributed by atoms with Gasteiger partial charge in [-0.15, -0.1) is 0 Å². The fourth-order valence-electron chi connectivity index (χ4n) is 3.77. The fourth-order valence-corrected chi connectivity index (χ4v) is 3.77. The lowest BCUT2D eigenvalue weighted by molar-refractivity contribution is -0.121. The zero-order valence-corrected chi connectivity index (χ0v) is 13.9. The summed E-state index contributed by atoms with van der Waals surface area (Å²) in [5.41, 5.74) is 1.35. The summed E-state index contributed by atoms with van der Waals surface area (Å²) in [7, 11) is 0. The van der Waals surface area contributed by atoms with E-state index >= 15 is 0 Å². The maximum Gasteiger partial charge on any atom is 0.220 e. The molecule has 2 heterocycles. The quantitative estimate of drug-likeness (QED) is 0.846. The Morgan fingerprint density at radius 3 is 2.74 bits per heavy atom. The summed E-state index contributed by atoms with van der Waals surface area (Å²) in [4.78, 5) is 12.3. The Balaban J connectivity index is 1.55. The van der Waals surface area contributed by atoms with Crippen molar-refractivity contribution in [3.63, 3.8) is 0 Å². The van der Waals surface area contributed by atoms with Crippen LogP contribution in [0.5, 0.6) is 0 Å². The Morgan fingerprint density at radius 1 is 1.26 bits per heavy atom. The predicted octanol–water partition coefficient (Wildman–Crippen LogP) is 2.24. The Hall–Kier alpha value is -1.39. The van der Waals surface area contributed by atoms with Crippen LogP contribution < -0.4 is 10.6 Å².